The molecule has 1 aromatic rings. The number of hydrogen-bond donors (Lipinski definition) is 1. The van der Waals surface area contributed by atoms with E-state index < -0.39 is 0 Å². The summed E-state index contributed by atoms with van der Waals surface area (Å²) in [6.07, 6.45) is 18.1. The predicted molar refractivity (Wildman–Crippen MR) is 138 cm³/mol. The van der Waals surface area contributed by atoms with Gasteiger partial charge in [-0.25, -0.2) is 0 Å². The molecule has 3 rings (SSSR count). The van der Waals surface area contributed by atoms with Gasteiger partial charge < -0.3 is 25.9 Å². The third kappa shape index (κ3) is 11.3. The van der Waals surface area contributed by atoms with E-state index in [-0.39, 0.29) is 22.6 Å². The number of benzene rings is 1. The van der Waals surface area contributed by atoms with Gasteiger partial charge in [0.15, 0.2) is 0 Å². The van der Waals surface area contributed by atoms with Crippen LogP contribution in [0.25, 0.3) is 0 Å². The van der Waals surface area contributed by atoms with Crippen LogP contribution in [0, 0.1) is 45.4 Å². The Labute approximate surface area is 210 Å². The zero-order valence-corrected chi connectivity index (χ0v) is 21.8. The van der Waals surface area contributed by atoms with E-state index in [2.05, 4.69) is 70.2 Å². The number of fused-ring (bicyclic) bond motifs is 1. The molecule has 2 aliphatic rings. The van der Waals surface area contributed by atoms with Gasteiger partial charge in [0.1, 0.15) is 0 Å². The standard InChI is InChI=1S/C24H33O.2C3H7.Ni/c1-3-4-5-11-20-15-21-17-24(25)22(23(21)16-20)13-7-6-10-19-12-8-9-18(2)14-19;2*1-3-2;/h7-9,12-15,21-25H,1,3-6,10-11,16-17H2,2H3;2*1,3H2,2H3;/q3*-1;+3/b13-7+;;;/t21?,22-,23+,24-;;;/m1.../s1. The van der Waals surface area contributed by atoms with Crippen molar-refractivity contribution < 1.29 is 21.6 Å². The predicted octanol–water partition coefficient (Wildman–Crippen LogP) is 8.28. The molecule has 2 heteroatoms. The second kappa shape index (κ2) is 18.6. The largest absolute Gasteiger partial charge is 3.00 e. The van der Waals surface area contributed by atoms with Crippen LogP contribution in [0.3, 0.4) is 0 Å². The van der Waals surface area contributed by atoms with Crippen molar-refractivity contribution >= 4 is 0 Å². The number of aryl methyl sites for hydroxylation is 2. The molecule has 0 aromatic heterocycles. The Kier molecular flexibility index (Phi) is 18.1. The van der Waals surface area contributed by atoms with Crippen molar-refractivity contribution in [3.8, 4) is 0 Å². The average Bonchev–Trinajstić information content (AvgIpc) is 3.24. The number of aliphatic hydroxyl groups excluding tert-OH is 1. The number of unbranched alkanes of at least 4 members (excludes halogenated alkanes) is 2. The first-order valence-corrected chi connectivity index (χ1v) is 12.5. The van der Waals surface area contributed by atoms with Gasteiger partial charge >= 0.3 is 16.5 Å². The van der Waals surface area contributed by atoms with Crippen LogP contribution in [0.5, 0.6) is 0 Å². The van der Waals surface area contributed by atoms with Crippen molar-refractivity contribution in [1.29, 1.82) is 0 Å². The van der Waals surface area contributed by atoms with Crippen LogP contribution in [0.2, 0.25) is 0 Å². The molecule has 0 spiro atoms. The van der Waals surface area contributed by atoms with Crippen LogP contribution in [0.4, 0.5) is 0 Å². The number of allylic oxidation sites excluding steroid dienone is 3. The molecule has 1 fully saturated rings. The summed E-state index contributed by atoms with van der Waals surface area (Å²) in [4.78, 5) is 0. The summed E-state index contributed by atoms with van der Waals surface area (Å²) >= 11 is 0. The summed E-state index contributed by atoms with van der Waals surface area (Å²) in [7, 11) is 0. The average molecular weight is 482 g/mol. The second-order valence-corrected chi connectivity index (χ2v) is 9.00. The zero-order valence-electron chi connectivity index (χ0n) is 20.8. The SMILES string of the molecule is [CH2-]CC.[CH2-]CC.[CH2-]CCCCC1=CC2C[C@@H](O)[C@H](/C=C/CCc3cccc(C)c3)[C@H]2C1.[Ni+3]. The fourth-order valence-corrected chi connectivity index (χ4v) is 4.69. The Morgan fingerprint density at radius 3 is 2.38 bits per heavy atom. The van der Waals surface area contributed by atoms with Crippen molar-refractivity contribution in [2.24, 2.45) is 17.8 Å². The Hall–Kier alpha value is -0.846. The van der Waals surface area contributed by atoms with E-state index in [0.717, 1.165) is 38.5 Å². The van der Waals surface area contributed by atoms with Gasteiger partial charge in [-0.15, -0.1) is 0 Å². The molecule has 2 aliphatic carbocycles. The quantitative estimate of drug-likeness (QED) is 0.171. The van der Waals surface area contributed by atoms with Gasteiger partial charge in [-0.3, -0.25) is 0 Å². The van der Waals surface area contributed by atoms with Gasteiger partial charge in [0.25, 0.3) is 0 Å². The normalized spacial score (nSPS) is 23.4. The molecule has 1 N–H and O–H groups in total. The van der Waals surface area contributed by atoms with Crippen molar-refractivity contribution in [2.75, 3.05) is 0 Å². The molecule has 1 radical (unpaired) electrons. The van der Waals surface area contributed by atoms with Gasteiger partial charge in [-0.2, -0.15) is 19.3 Å². The molecule has 1 nitrogen and oxygen atoms in total. The first-order valence-electron chi connectivity index (χ1n) is 12.5. The summed E-state index contributed by atoms with van der Waals surface area (Å²) in [5.41, 5.74) is 4.37. The van der Waals surface area contributed by atoms with E-state index in [1.54, 1.807) is 5.57 Å². The molecule has 0 amide bonds. The molecule has 1 unspecified atom stereocenters. The van der Waals surface area contributed by atoms with E-state index in [0.29, 0.717) is 17.8 Å². The van der Waals surface area contributed by atoms with Crippen molar-refractivity contribution in [3.05, 3.63) is 80.0 Å². The van der Waals surface area contributed by atoms with E-state index >= 15 is 0 Å². The maximum Gasteiger partial charge on any atom is 3.00 e. The molecular weight excluding hydrogens is 435 g/mol. The first kappa shape index (κ1) is 31.2. The topological polar surface area (TPSA) is 20.2 Å². The number of aliphatic hydroxyl groups is 1. The molecule has 0 bridgehead atoms. The summed E-state index contributed by atoms with van der Waals surface area (Å²) in [6, 6.07) is 8.77. The molecule has 183 valence electrons. The van der Waals surface area contributed by atoms with Gasteiger partial charge in [0.05, 0.1) is 6.10 Å². The minimum atomic E-state index is -0.150. The summed E-state index contributed by atoms with van der Waals surface area (Å²) in [6.45, 7) is 17.1. The first-order chi connectivity index (χ1) is 15.0. The third-order valence-electron chi connectivity index (χ3n) is 5.99. The second-order valence-electron chi connectivity index (χ2n) is 9.00. The van der Waals surface area contributed by atoms with E-state index in [9.17, 15) is 5.11 Å². The Bertz CT molecular complexity index is 646. The summed E-state index contributed by atoms with van der Waals surface area (Å²) in [5.74, 6) is 1.60. The molecule has 1 saturated carbocycles. The Morgan fingerprint density at radius 1 is 1.06 bits per heavy atom. The molecule has 4 atom stereocenters. The van der Waals surface area contributed by atoms with Crippen LogP contribution in [-0.2, 0) is 22.9 Å². The van der Waals surface area contributed by atoms with E-state index in [4.69, 9.17) is 0 Å². The summed E-state index contributed by atoms with van der Waals surface area (Å²) < 4.78 is 0. The molecule has 0 aliphatic heterocycles. The minimum Gasteiger partial charge on any atom is -0.392 e. The minimum absolute atomic E-state index is 0. The van der Waals surface area contributed by atoms with Crippen molar-refractivity contribution in [2.45, 2.75) is 91.1 Å². The molecule has 0 heterocycles. The summed E-state index contributed by atoms with van der Waals surface area (Å²) in [5, 5.41) is 10.5. The van der Waals surface area contributed by atoms with Crippen LogP contribution in [-0.4, -0.2) is 11.2 Å². The maximum absolute atomic E-state index is 10.5. The fourth-order valence-electron chi connectivity index (χ4n) is 4.69. The van der Waals surface area contributed by atoms with Crippen molar-refractivity contribution in [3.63, 3.8) is 0 Å². The maximum atomic E-state index is 10.5. The monoisotopic (exact) mass is 481 g/mol. The number of hydrogen-bond acceptors (Lipinski definition) is 1. The molecule has 32 heavy (non-hydrogen) atoms. The fraction of sp³-hybridized carbons (Fsp3) is 0.567. The van der Waals surface area contributed by atoms with Crippen LogP contribution in [0.1, 0.15) is 82.8 Å². The van der Waals surface area contributed by atoms with Crippen molar-refractivity contribution in [1.82, 2.24) is 0 Å². The van der Waals surface area contributed by atoms with E-state index in [1.165, 1.54) is 36.8 Å². The van der Waals surface area contributed by atoms with Gasteiger partial charge in [-0.1, -0.05) is 80.3 Å². The molecule has 0 saturated heterocycles. The van der Waals surface area contributed by atoms with E-state index in [1.807, 2.05) is 13.8 Å². The van der Waals surface area contributed by atoms with Gasteiger partial charge in [-0.05, 0) is 56.4 Å². The number of rotatable bonds is 8. The van der Waals surface area contributed by atoms with Crippen LogP contribution >= 0.6 is 0 Å². The third-order valence-corrected chi connectivity index (χ3v) is 5.99. The Balaban J connectivity index is 0.00000124. The van der Waals surface area contributed by atoms with Gasteiger partial charge in [0, 0.05) is 5.92 Å². The van der Waals surface area contributed by atoms with Crippen LogP contribution < -0.4 is 0 Å². The zero-order chi connectivity index (χ0) is 23.1. The molecule has 1 aromatic carbocycles. The van der Waals surface area contributed by atoms with Gasteiger partial charge in [0.2, 0.25) is 0 Å². The molecular formula is C30H47NiO. The smallest absolute Gasteiger partial charge is 0.392 e. The van der Waals surface area contributed by atoms with Crippen LogP contribution in [0.15, 0.2) is 48.1 Å². The Morgan fingerprint density at radius 2 is 1.75 bits per heavy atom.